The van der Waals surface area contributed by atoms with Crippen molar-refractivity contribution < 1.29 is 0 Å². The molecule has 0 spiro atoms. The molecule has 0 heterocycles. The van der Waals surface area contributed by atoms with Crippen LogP contribution in [-0.2, 0) is 0 Å². The first-order chi connectivity index (χ1) is 4.81. The molecule has 5 N–H and O–H groups in total. The highest BCUT2D eigenvalue weighted by molar-refractivity contribution is 5.46. The van der Waals surface area contributed by atoms with Crippen LogP contribution in [0.4, 0.5) is 0 Å². The van der Waals surface area contributed by atoms with Gasteiger partial charge in [-0.05, 0) is 12.8 Å². The van der Waals surface area contributed by atoms with E-state index in [9.17, 15) is 0 Å². The van der Waals surface area contributed by atoms with Crippen LogP contribution in [0.5, 0.6) is 0 Å². The van der Waals surface area contributed by atoms with Crippen LogP contribution in [0.25, 0.3) is 0 Å². The lowest BCUT2D eigenvalue weighted by atomic mass is 9.97. The molecule has 0 aromatic rings. The highest BCUT2D eigenvalue weighted by Gasteiger charge is 2.06. The maximum Gasteiger partial charge on any atom is 0.0765 e. The van der Waals surface area contributed by atoms with Gasteiger partial charge in [0, 0.05) is 6.04 Å². The summed E-state index contributed by atoms with van der Waals surface area (Å²) < 4.78 is 0. The molecule has 1 fully saturated rings. The predicted molar refractivity (Wildman–Crippen MR) is 44.0 cm³/mol. The fraction of sp³-hybridized carbons (Fsp3) is 0.857. The van der Waals surface area contributed by atoms with Gasteiger partial charge < -0.3 is 11.5 Å². The largest absolute Gasteiger partial charge is 0.390 e. The lowest BCUT2D eigenvalue weighted by Crippen LogP contribution is -2.22. The second kappa shape index (κ2) is 6.55. The van der Waals surface area contributed by atoms with E-state index in [-0.39, 0.29) is 0 Å². The van der Waals surface area contributed by atoms with Gasteiger partial charge in [-0.2, -0.15) is 0 Å². The summed E-state index contributed by atoms with van der Waals surface area (Å²) in [7, 11) is 0. The Kier molecular flexibility index (Phi) is 6.18. The molecule has 0 radical (unpaired) electrons. The van der Waals surface area contributed by atoms with Crippen LogP contribution in [0, 0.1) is 5.41 Å². The van der Waals surface area contributed by atoms with Crippen molar-refractivity contribution in [3.05, 3.63) is 0 Å². The van der Waals surface area contributed by atoms with Gasteiger partial charge in [-0.15, -0.1) is 0 Å². The normalized spacial score (nSPS) is 18.9. The summed E-state index contributed by atoms with van der Waals surface area (Å²) in [5.41, 5.74) is 10.0. The molecule has 3 heteroatoms. The molecule has 0 aliphatic heterocycles. The monoisotopic (exact) mass is 143 g/mol. The van der Waals surface area contributed by atoms with Crippen LogP contribution < -0.4 is 11.5 Å². The Morgan fingerprint density at radius 1 is 1.20 bits per heavy atom. The molecule has 1 saturated carbocycles. The van der Waals surface area contributed by atoms with E-state index < -0.39 is 0 Å². The van der Waals surface area contributed by atoms with E-state index in [1.165, 1.54) is 32.1 Å². The van der Waals surface area contributed by atoms with Crippen LogP contribution in [0.15, 0.2) is 0 Å². The van der Waals surface area contributed by atoms with Gasteiger partial charge in [0.25, 0.3) is 0 Å². The highest BCUT2D eigenvalue weighted by Crippen LogP contribution is 2.14. The molecule has 0 amide bonds. The Morgan fingerprint density at radius 3 is 1.80 bits per heavy atom. The molecule has 0 atom stereocenters. The Bertz CT molecular complexity index is 76.9. The predicted octanol–water partition coefficient (Wildman–Crippen LogP) is 0.830. The summed E-state index contributed by atoms with van der Waals surface area (Å²) in [4.78, 5) is 0. The van der Waals surface area contributed by atoms with Gasteiger partial charge in [0.2, 0.25) is 0 Å². The summed E-state index contributed by atoms with van der Waals surface area (Å²) in [6, 6.07) is 0.536. The minimum Gasteiger partial charge on any atom is -0.390 e. The van der Waals surface area contributed by atoms with Gasteiger partial charge in [0.1, 0.15) is 0 Å². The fourth-order valence-corrected chi connectivity index (χ4v) is 1.13. The van der Waals surface area contributed by atoms with Crippen molar-refractivity contribution in [3.63, 3.8) is 0 Å². The molecule has 0 aromatic carbocycles. The van der Waals surface area contributed by atoms with Crippen molar-refractivity contribution in [1.82, 2.24) is 0 Å². The molecule has 0 saturated heterocycles. The highest BCUT2D eigenvalue weighted by atomic mass is 14.6. The van der Waals surface area contributed by atoms with Crippen molar-refractivity contribution in [2.45, 2.75) is 38.1 Å². The number of rotatable bonds is 0. The maximum absolute atomic E-state index is 5.86. The summed E-state index contributed by atoms with van der Waals surface area (Å²) in [5, 5.41) is 5.86. The first-order valence-electron chi connectivity index (χ1n) is 3.77. The first kappa shape index (κ1) is 9.43. The molecule has 1 aliphatic rings. The quantitative estimate of drug-likeness (QED) is 0.347. The van der Waals surface area contributed by atoms with E-state index in [2.05, 4.69) is 5.73 Å². The SMILES string of the molecule is N=CN.NC1CCCCC1. The summed E-state index contributed by atoms with van der Waals surface area (Å²) in [6.07, 6.45) is 7.41. The zero-order valence-electron chi connectivity index (χ0n) is 6.34. The van der Waals surface area contributed by atoms with Gasteiger partial charge in [0.05, 0.1) is 6.34 Å². The van der Waals surface area contributed by atoms with E-state index in [0.29, 0.717) is 6.04 Å². The number of hydrogen-bond donors (Lipinski definition) is 3. The molecular formula is C7H17N3. The molecule has 60 valence electrons. The standard InChI is InChI=1S/C6H13N.CH4N2/c7-6-4-2-1-3-5-6;2-1-3/h6H,1-5,7H2;1H,(H3,2,3). The van der Waals surface area contributed by atoms with Crippen LogP contribution >= 0.6 is 0 Å². The van der Waals surface area contributed by atoms with E-state index in [0.717, 1.165) is 6.34 Å². The lowest BCUT2D eigenvalue weighted by molar-refractivity contribution is 0.441. The van der Waals surface area contributed by atoms with Crippen LogP contribution in [-0.4, -0.2) is 12.4 Å². The molecule has 3 nitrogen and oxygen atoms in total. The zero-order chi connectivity index (χ0) is 7.82. The Labute approximate surface area is 62.3 Å². The molecular weight excluding hydrogens is 126 g/mol. The van der Waals surface area contributed by atoms with E-state index >= 15 is 0 Å². The second-order valence-corrected chi connectivity index (χ2v) is 2.56. The maximum atomic E-state index is 5.86. The third-order valence-electron chi connectivity index (χ3n) is 1.65. The molecule has 1 aliphatic carbocycles. The molecule has 0 unspecified atom stereocenters. The molecule has 10 heavy (non-hydrogen) atoms. The average molecular weight is 143 g/mol. The second-order valence-electron chi connectivity index (χ2n) is 2.56. The fourth-order valence-electron chi connectivity index (χ4n) is 1.13. The molecule has 1 rings (SSSR count). The van der Waals surface area contributed by atoms with E-state index in [1.54, 1.807) is 0 Å². The Hall–Kier alpha value is -0.570. The third kappa shape index (κ3) is 5.56. The third-order valence-corrected chi connectivity index (χ3v) is 1.65. The van der Waals surface area contributed by atoms with Gasteiger partial charge >= 0.3 is 0 Å². The summed E-state index contributed by atoms with van der Waals surface area (Å²) in [6.45, 7) is 0. The smallest absolute Gasteiger partial charge is 0.0765 e. The number of nitrogens with two attached hydrogens (primary N) is 2. The van der Waals surface area contributed by atoms with Gasteiger partial charge in [-0.25, -0.2) is 0 Å². The van der Waals surface area contributed by atoms with E-state index in [1.807, 2.05) is 0 Å². The Morgan fingerprint density at radius 2 is 1.60 bits per heavy atom. The molecule has 0 aromatic heterocycles. The van der Waals surface area contributed by atoms with Crippen molar-refractivity contribution >= 4 is 6.34 Å². The minimum absolute atomic E-state index is 0.536. The van der Waals surface area contributed by atoms with E-state index in [4.69, 9.17) is 11.1 Å². The van der Waals surface area contributed by atoms with Crippen LogP contribution in [0.1, 0.15) is 32.1 Å². The lowest BCUT2D eigenvalue weighted by Gasteiger charge is -2.15. The zero-order valence-corrected chi connectivity index (χ0v) is 6.34. The van der Waals surface area contributed by atoms with Crippen LogP contribution in [0.2, 0.25) is 0 Å². The van der Waals surface area contributed by atoms with Gasteiger partial charge in [0.15, 0.2) is 0 Å². The van der Waals surface area contributed by atoms with Gasteiger partial charge in [-0.1, -0.05) is 19.3 Å². The summed E-state index contributed by atoms with van der Waals surface area (Å²) in [5.74, 6) is 0. The Balaban J connectivity index is 0.000000236. The average Bonchev–Trinajstić information content (AvgIpc) is 1.91. The van der Waals surface area contributed by atoms with Gasteiger partial charge in [-0.3, -0.25) is 5.41 Å². The van der Waals surface area contributed by atoms with Crippen molar-refractivity contribution in [1.29, 1.82) is 5.41 Å². The number of nitrogens with one attached hydrogen (secondary N) is 1. The van der Waals surface area contributed by atoms with Crippen molar-refractivity contribution in [3.8, 4) is 0 Å². The van der Waals surface area contributed by atoms with Crippen LogP contribution in [0.3, 0.4) is 0 Å². The van der Waals surface area contributed by atoms with Crippen molar-refractivity contribution in [2.24, 2.45) is 11.5 Å². The minimum atomic E-state index is 0.536. The van der Waals surface area contributed by atoms with Crippen molar-refractivity contribution in [2.75, 3.05) is 0 Å². The topological polar surface area (TPSA) is 75.9 Å². The molecule has 0 bridgehead atoms. The summed E-state index contributed by atoms with van der Waals surface area (Å²) >= 11 is 0. The number of hydrogen-bond acceptors (Lipinski definition) is 2. The first-order valence-corrected chi connectivity index (χ1v) is 3.77.